The number of hydrogen-bond donors (Lipinski definition) is 2. The van der Waals surface area contributed by atoms with Gasteiger partial charge in [0.15, 0.2) is 0 Å². The molecule has 226 valence electrons. The van der Waals surface area contributed by atoms with Crippen molar-refractivity contribution in [1.82, 2.24) is 0 Å². The lowest BCUT2D eigenvalue weighted by atomic mass is 9.79. The van der Waals surface area contributed by atoms with Crippen LogP contribution in [-0.4, -0.2) is 22.6 Å². The SMILES string of the molecule is CC(C)(C)c1cc(C=NCc2ccccc2CN=Cc2cc(C(C)(C)C)cc(C(C)(C)C)c2O)c(O)c(C(C)(C)C)c1. The fourth-order valence-corrected chi connectivity index (χ4v) is 4.87. The van der Waals surface area contributed by atoms with Crippen molar-refractivity contribution in [3.8, 4) is 11.5 Å². The lowest BCUT2D eigenvalue weighted by Gasteiger charge is -2.27. The minimum absolute atomic E-state index is 0.0463. The average Bonchev–Trinajstić information content (AvgIpc) is 2.84. The summed E-state index contributed by atoms with van der Waals surface area (Å²) in [5, 5.41) is 22.2. The smallest absolute Gasteiger partial charge is 0.128 e. The van der Waals surface area contributed by atoms with Crippen LogP contribution in [-0.2, 0) is 34.7 Å². The average molecular weight is 569 g/mol. The van der Waals surface area contributed by atoms with E-state index in [4.69, 9.17) is 9.98 Å². The number of phenolic OH excluding ortho intramolecular Hbond substituents is 2. The van der Waals surface area contributed by atoms with Gasteiger partial charge in [0.25, 0.3) is 0 Å². The zero-order valence-electron chi connectivity index (χ0n) is 28.0. The van der Waals surface area contributed by atoms with E-state index in [-0.39, 0.29) is 21.7 Å². The zero-order chi connectivity index (χ0) is 31.7. The molecule has 0 amide bonds. The summed E-state index contributed by atoms with van der Waals surface area (Å²) in [5.41, 5.74) is 7.39. The van der Waals surface area contributed by atoms with Gasteiger partial charge in [-0.15, -0.1) is 0 Å². The fraction of sp³-hybridized carbons (Fsp3) is 0.474. The highest BCUT2D eigenvalue weighted by molar-refractivity contribution is 5.85. The van der Waals surface area contributed by atoms with Crippen LogP contribution in [0.2, 0.25) is 0 Å². The topological polar surface area (TPSA) is 65.2 Å². The van der Waals surface area contributed by atoms with Crippen LogP contribution >= 0.6 is 0 Å². The van der Waals surface area contributed by atoms with Crippen molar-refractivity contribution in [2.45, 2.75) is 118 Å². The molecule has 0 fully saturated rings. The second kappa shape index (κ2) is 12.1. The van der Waals surface area contributed by atoms with E-state index < -0.39 is 0 Å². The molecule has 0 saturated carbocycles. The third-order valence-corrected chi connectivity index (χ3v) is 7.73. The molecule has 0 aliphatic rings. The van der Waals surface area contributed by atoms with Crippen molar-refractivity contribution in [1.29, 1.82) is 0 Å². The lowest BCUT2D eigenvalue weighted by Crippen LogP contribution is -2.17. The van der Waals surface area contributed by atoms with E-state index in [0.717, 1.165) is 33.4 Å². The number of aromatic hydroxyl groups is 2. The Morgan fingerprint density at radius 3 is 1.14 bits per heavy atom. The number of aliphatic imine (C=N–C) groups is 2. The molecule has 3 aromatic carbocycles. The van der Waals surface area contributed by atoms with Crippen molar-refractivity contribution >= 4 is 12.4 Å². The number of nitrogens with zero attached hydrogens (tertiary/aromatic N) is 2. The third-order valence-electron chi connectivity index (χ3n) is 7.73. The summed E-state index contributed by atoms with van der Waals surface area (Å²) in [6, 6.07) is 16.5. The molecule has 0 spiro atoms. The Hall–Kier alpha value is -3.40. The van der Waals surface area contributed by atoms with Crippen LogP contribution in [0.5, 0.6) is 11.5 Å². The first-order chi connectivity index (χ1) is 19.2. The van der Waals surface area contributed by atoms with E-state index in [1.165, 1.54) is 11.1 Å². The fourth-order valence-electron chi connectivity index (χ4n) is 4.87. The first-order valence-corrected chi connectivity index (χ1v) is 15.0. The summed E-state index contributed by atoms with van der Waals surface area (Å²) in [6.07, 6.45) is 3.59. The van der Waals surface area contributed by atoms with Gasteiger partial charge in [-0.25, -0.2) is 0 Å². The molecule has 0 heterocycles. The van der Waals surface area contributed by atoms with E-state index in [9.17, 15) is 10.2 Å². The molecule has 42 heavy (non-hydrogen) atoms. The van der Waals surface area contributed by atoms with Gasteiger partial charge >= 0.3 is 0 Å². The van der Waals surface area contributed by atoms with Crippen molar-refractivity contribution in [2.75, 3.05) is 0 Å². The van der Waals surface area contributed by atoms with Crippen molar-refractivity contribution in [3.05, 3.63) is 93.0 Å². The molecule has 3 aromatic rings. The Kier molecular flexibility index (Phi) is 9.51. The van der Waals surface area contributed by atoms with Gasteiger partial charge in [0.2, 0.25) is 0 Å². The predicted molar refractivity (Wildman–Crippen MR) is 180 cm³/mol. The molecule has 0 atom stereocenters. The molecule has 0 radical (unpaired) electrons. The van der Waals surface area contributed by atoms with E-state index >= 15 is 0 Å². The normalized spacial score (nSPS) is 13.4. The maximum atomic E-state index is 11.1. The first kappa shape index (κ1) is 33.1. The predicted octanol–water partition coefficient (Wildman–Crippen LogP) is 9.53. The third kappa shape index (κ3) is 8.12. The van der Waals surface area contributed by atoms with Crippen molar-refractivity contribution in [3.63, 3.8) is 0 Å². The van der Waals surface area contributed by atoms with E-state index in [1.807, 2.05) is 24.3 Å². The highest BCUT2D eigenvalue weighted by Gasteiger charge is 2.26. The second-order valence-electron chi connectivity index (χ2n) is 15.6. The van der Waals surface area contributed by atoms with E-state index in [2.05, 4.69) is 107 Å². The quantitative estimate of drug-likeness (QED) is 0.291. The summed E-state index contributed by atoms with van der Waals surface area (Å²) in [4.78, 5) is 9.52. The number of benzene rings is 3. The number of hydrogen-bond acceptors (Lipinski definition) is 4. The molecular formula is C38H52N2O2. The molecule has 0 aromatic heterocycles. The molecule has 4 heteroatoms. The maximum Gasteiger partial charge on any atom is 0.128 e. The molecule has 3 rings (SSSR count). The highest BCUT2D eigenvalue weighted by atomic mass is 16.3. The van der Waals surface area contributed by atoms with Gasteiger partial charge in [-0.05, 0) is 56.0 Å². The first-order valence-electron chi connectivity index (χ1n) is 15.0. The van der Waals surface area contributed by atoms with E-state index in [0.29, 0.717) is 24.6 Å². The molecule has 0 unspecified atom stereocenters. The monoisotopic (exact) mass is 568 g/mol. The Bertz CT molecular complexity index is 1350. The second-order valence-corrected chi connectivity index (χ2v) is 15.6. The van der Waals surface area contributed by atoms with Crippen LogP contribution in [0.15, 0.2) is 58.5 Å². The number of rotatable bonds is 6. The lowest BCUT2D eigenvalue weighted by molar-refractivity contribution is 0.443. The van der Waals surface area contributed by atoms with Crippen LogP contribution in [0.3, 0.4) is 0 Å². The summed E-state index contributed by atoms with van der Waals surface area (Å²) in [6.45, 7) is 26.8. The van der Waals surface area contributed by atoms with Crippen LogP contribution in [0.25, 0.3) is 0 Å². The Labute approximate surface area is 254 Å². The zero-order valence-corrected chi connectivity index (χ0v) is 28.0. The van der Waals surface area contributed by atoms with Crippen molar-refractivity contribution in [2.24, 2.45) is 9.98 Å². The highest BCUT2D eigenvalue weighted by Crippen LogP contribution is 2.38. The van der Waals surface area contributed by atoms with Crippen LogP contribution in [0, 0.1) is 0 Å². The van der Waals surface area contributed by atoms with Crippen LogP contribution in [0.4, 0.5) is 0 Å². The van der Waals surface area contributed by atoms with Crippen LogP contribution in [0.1, 0.15) is 128 Å². The van der Waals surface area contributed by atoms with Gasteiger partial charge in [-0.3, -0.25) is 9.98 Å². The summed E-state index contributed by atoms with van der Waals surface area (Å²) in [5.74, 6) is 0.591. The number of phenols is 2. The molecule has 0 aliphatic carbocycles. The molecular weight excluding hydrogens is 516 g/mol. The van der Waals surface area contributed by atoms with Gasteiger partial charge in [0.05, 0.1) is 13.1 Å². The minimum Gasteiger partial charge on any atom is -0.507 e. The Balaban J connectivity index is 1.90. The van der Waals surface area contributed by atoms with Gasteiger partial charge in [0.1, 0.15) is 11.5 Å². The standard InChI is InChI=1S/C38H52N2O2/c1-35(2,3)29-17-27(33(41)31(19-29)37(7,8)9)23-39-21-25-15-13-14-16-26(25)22-40-24-28-18-30(36(4,5)6)20-32(34(28)42)38(10,11)12/h13-20,23-24,41-42H,21-22H2,1-12H3. The summed E-state index contributed by atoms with van der Waals surface area (Å²) >= 11 is 0. The van der Waals surface area contributed by atoms with Gasteiger partial charge in [0, 0.05) is 34.7 Å². The van der Waals surface area contributed by atoms with Gasteiger partial charge < -0.3 is 10.2 Å². The summed E-state index contributed by atoms with van der Waals surface area (Å²) in [7, 11) is 0. The molecule has 0 bridgehead atoms. The Morgan fingerprint density at radius 1 is 0.524 bits per heavy atom. The van der Waals surface area contributed by atoms with Gasteiger partial charge in [-0.2, -0.15) is 0 Å². The largest absolute Gasteiger partial charge is 0.507 e. The Morgan fingerprint density at radius 2 is 0.857 bits per heavy atom. The molecule has 0 aliphatic heterocycles. The maximum absolute atomic E-state index is 11.1. The van der Waals surface area contributed by atoms with Crippen LogP contribution < -0.4 is 0 Å². The van der Waals surface area contributed by atoms with Gasteiger partial charge in [-0.1, -0.05) is 119 Å². The molecule has 2 N–H and O–H groups in total. The van der Waals surface area contributed by atoms with E-state index in [1.54, 1.807) is 12.4 Å². The molecule has 4 nitrogen and oxygen atoms in total. The minimum atomic E-state index is -0.187. The molecule has 0 saturated heterocycles. The summed E-state index contributed by atoms with van der Waals surface area (Å²) < 4.78 is 0. The van der Waals surface area contributed by atoms with Crippen molar-refractivity contribution < 1.29 is 10.2 Å².